The number of ether oxygens (including phenoxy) is 1. The lowest BCUT2D eigenvalue weighted by Gasteiger charge is -2.19. The van der Waals surface area contributed by atoms with E-state index < -0.39 is 10.0 Å². The Bertz CT molecular complexity index is 1000. The maximum Gasteiger partial charge on any atom is 0.251 e. The minimum absolute atomic E-state index is 0.0453. The van der Waals surface area contributed by atoms with Crippen LogP contribution in [0.2, 0.25) is 0 Å². The smallest absolute Gasteiger partial charge is 0.251 e. The highest BCUT2D eigenvalue weighted by molar-refractivity contribution is 7.89. The average molecular weight is 419 g/mol. The molecule has 0 aliphatic rings. The van der Waals surface area contributed by atoms with Crippen LogP contribution in [0.25, 0.3) is 0 Å². The van der Waals surface area contributed by atoms with Gasteiger partial charge in [0.05, 0.1) is 13.2 Å². The number of methoxy groups -OCH3 is 1. The molecule has 2 aromatic carbocycles. The van der Waals surface area contributed by atoms with Gasteiger partial charge in [0.15, 0.2) is 0 Å². The van der Waals surface area contributed by atoms with Crippen molar-refractivity contribution in [1.82, 2.24) is 10.0 Å². The first kappa shape index (κ1) is 22.9. The van der Waals surface area contributed by atoms with Crippen molar-refractivity contribution in [2.24, 2.45) is 0 Å². The summed E-state index contributed by atoms with van der Waals surface area (Å²) in [6, 6.07) is 8.38. The minimum atomic E-state index is -3.77. The fraction of sp³-hybridized carbons (Fsp3) is 0.409. The summed E-state index contributed by atoms with van der Waals surface area (Å²) < 4.78 is 32.9. The molecule has 1 unspecified atom stereocenters. The first-order valence-electron chi connectivity index (χ1n) is 9.67. The van der Waals surface area contributed by atoms with Gasteiger partial charge in [-0.05, 0) is 74.6 Å². The molecule has 1 amide bonds. The predicted molar refractivity (Wildman–Crippen MR) is 115 cm³/mol. The van der Waals surface area contributed by atoms with Gasteiger partial charge in [0, 0.05) is 12.1 Å². The molecule has 0 aromatic heterocycles. The molecule has 2 N–H and O–H groups in total. The number of benzene rings is 2. The standard InChI is InChI=1S/C22H30N2O4S/c1-7-10-23-29(26,27)21-13-18(8-9-20(21)28-6)22(25)24-17(5)19-12-15(3)14(2)11-16(19)4/h8-9,11-13,17,23H,7,10H2,1-6H3,(H,24,25). The molecule has 0 saturated carbocycles. The van der Waals surface area contributed by atoms with Gasteiger partial charge < -0.3 is 10.1 Å². The second kappa shape index (κ2) is 9.41. The van der Waals surface area contributed by atoms with Gasteiger partial charge in [-0.2, -0.15) is 0 Å². The zero-order valence-electron chi connectivity index (χ0n) is 17.9. The molecule has 0 heterocycles. The van der Waals surface area contributed by atoms with Crippen LogP contribution in [-0.4, -0.2) is 28.0 Å². The number of sulfonamides is 1. The summed E-state index contributed by atoms with van der Waals surface area (Å²) in [4.78, 5) is 12.8. The van der Waals surface area contributed by atoms with Gasteiger partial charge in [-0.15, -0.1) is 0 Å². The lowest BCUT2D eigenvalue weighted by Crippen LogP contribution is -2.28. The number of nitrogens with one attached hydrogen (secondary N) is 2. The first-order valence-corrected chi connectivity index (χ1v) is 11.1. The van der Waals surface area contributed by atoms with Crippen molar-refractivity contribution in [3.05, 3.63) is 58.1 Å². The Morgan fingerprint density at radius 1 is 1.07 bits per heavy atom. The van der Waals surface area contributed by atoms with Crippen LogP contribution < -0.4 is 14.8 Å². The predicted octanol–water partition coefficient (Wildman–Crippen LogP) is 3.80. The summed E-state index contributed by atoms with van der Waals surface area (Å²) in [6.07, 6.45) is 0.661. The number of amides is 1. The third-order valence-corrected chi connectivity index (χ3v) is 6.44. The molecular formula is C22H30N2O4S. The summed E-state index contributed by atoms with van der Waals surface area (Å²) in [7, 11) is -2.37. The van der Waals surface area contributed by atoms with E-state index in [1.165, 1.54) is 24.8 Å². The van der Waals surface area contributed by atoms with Crippen LogP contribution in [0.4, 0.5) is 0 Å². The summed E-state index contributed by atoms with van der Waals surface area (Å²) in [5, 5.41) is 2.96. The lowest BCUT2D eigenvalue weighted by molar-refractivity contribution is 0.0939. The normalized spacial score (nSPS) is 12.5. The van der Waals surface area contributed by atoms with Gasteiger partial charge >= 0.3 is 0 Å². The summed E-state index contributed by atoms with van der Waals surface area (Å²) in [6.45, 7) is 10.2. The lowest BCUT2D eigenvalue weighted by atomic mass is 9.96. The summed E-state index contributed by atoms with van der Waals surface area (Å²) in [5.41, 5.74) is 4.76. The van der Waals surface area contributed by atoms with Crippen molar-refractivity contribution in [1.29, 1.82) is 0 Å². The zero-order chi connectivity index (χ0) is 21.8. The molecule has 0 saturated heterocycles. The number of aryl methyl sites for hydroxylation is 3. The number of hydrogen-bond donors (Lipinski definition) is 2. The van der Waals surface area contributed by atoms with Gasteiger partial charge in [-0.25, -0.2) is 13.1 Å². The molecule has 0 aliphatic heterocycles. The van der Waals surface area contributed by atoms with E-state index in [0.29, 0.717) is 13.0 Å². The molecule has 6 nitrogen and oxygen atoms in total. The Kier molecular flexibility index (Phi) is 7.43. The Morgan fingerprint density at radius 3 is 2.34 bits per heavy atom. The Labute approximate surface area is 173 Å². The minimum Gasteiger partial charge on any atom is -0.495 e. The van der Waals surface area contributed by atoms with Gasteiger partial charge in [-0.3, -0.25) is 4.79 Å². The molecule has 158 valence electrons. The molecular weight excluding hydrogens is 388 g/mol. The Morgan fingerprint density at radius 2 is 1.72 bits per heavy atom. The molecule has 0 bridgehead atoms. The number of carbonyl (C=O) groups is 1. The van der Waals surface area contributed by atoms with Crippen molar-refractivity contribution < 1.29 is 17.9 Å². The number of rotatable bonds is 8. The maximum atomic E-state index is 12.8. The Hall–Kier alpha value is -2.38. The monoisotopic (exact) mass is 418 g/mol. The van der Waals surface area contributed by atoms with E-state index in [9.17, 15) is 13.2 Å². The van der Waals surface area contributed by atoms with Gasteiger partial charge in [0.2, 0.25) is 10.0 Å². The average Bonchev–Trinajstić information content (AvgIpc) is 2.68. The van der Waals surface area contributed by atoms with Gasteiger partial charge in [-0.1, -0.05) is 19.1 Å². The summed E-state index contributed by atoms with van der Waals surface area (Å²) in [5.74, 6) is -0.145. The van der Waals surface area contributed by atoms with E-state index in [1.807, 2.05) is 27.7 Å². The van der Waals surface area contributed by atoms with E-state index in [1.54, 1.807) is 6.07 Å². The van der Waals surface area contributed by atoms with Crippen LogP contribution in [0.3, 0.4) is 0 Å². The van der Waals surface area contributed by atoms with E-state index in [-0.39, 0.29) is 28.2 Å². The van der Waals surface area contributed by atoms with Crippen LogP contribution in [0, 0.1) is 20.8 Å². The molecule has 0 spiro atoms. The van der Waals surface area contributed by atoms with Crippen LogP contribution in [-0.2, 0) is 10.0 Å². The second-order valence-electron chi connectivity index (χ2n) is 7.25. The van der Waals surface area contributed by atoms with Gasteiger partial charge in [0.25, 0.3) is 5.91 Å². The quantitative estimate of drug-likeness (QED) is 0.683. The fourth-order valence-electron chi connectivity index (χ4n) is 3.15. The Balaban J connectivity index is 2.32. The highest BCUT2D eigenvalue weighted by Crippen LogP contribution is 2.26. The van der Waals surface area contributed by atoms with Crippen molar-refractivity contribution in [2.75, 3.05) is 13.7 Å². The molecule has 29 heavy (non-hydrogen) atoms. The van der Waals surface area contributed by atoms with Crippen LogP contribution in [0.15, 0.2) is 35.2 Å². The second-order valence-corrected chi connectivity index (χ2v) is 8.99. The van der Waals surface area contributed by atoms with Gasteiger partial charge in [0.1, 0.15) is 10.6 Å². The van der Waals surface area contributed by atoms with Crippen LogP contribution in [0.5, 0.6) is 5.75 Å². The van der Waals surface area contributed by atoms with Crippen molar-refractivity contribution in [3.8, 4) is 5.75 Å². The molecule has 1 atom stereocenters. The fourth-order valence-corrected chi connectivity index (χ4v) is 4.48. The molecule has 0 fully saturated rings. The first-order chi connectivity index (χ1) is 13.6. The summed E-state index contributed by atoms with van der Waals surface area (Å²) >= 11 is 0. The molecule has 7 heteroatoms. The highest BCUT2D eigenvalue weighted by Gasteiger charge is 2.22. The zero-order valence-corrected chi connectivity index (χ0v) is 18.7. The largest absolute Gasteiger partial charge is 0.495 e. The topological polar surface area (TPSA) is 84.5 Å². The third kappa shape index (κ3) is 5.36. The number of carbonyl (C=O) groups excluding carboxylic acids is 1. The van der Waals surface area contributed by atoms with E-state index in [4.69, 9.17) is 4.74 Å². The number of hydrogen-bond acceptors (Lipinski definition) is 4. The third-order valence-electron chi connectivity index (χ3n) is 4.95. The van der Waals surface area contributed by atoms with Crippen LogP contribution >= 0.6 is 0 Å². The maximum absolute atomic E-state index is 12.8. The SMILES string of the molecule is CCCNS(=O)(=O)c1cc(C(=O)NC(C)c2cc(C)c(C)cc2C)ccc1OC. The molecule has 0 aliphatic carbocycles. The van der Waals surface area contributed by atoms with Crippen LogP contribution in [0.1, 0.15) is 58.9 Å². The molecule has 0 radical (unpaired) electrons. The highest BCUT2D eigenvalue weighted by atomic mass is 32.2. The van der Waals surface area contributed by atoms with E-state index in [2.05, 4.69) is 29.1 Å². The van der Waals surface area contributed by atoms with Crippen molar-refractivity contribution >= 4 is 15.9 Å². The van der Waals surface area contributed by atoms with Crippen molar-refractivity contribution in [3.63, 3.8) is 0 Å². The van der Waals surface area contributed by atoms with E-state index in [0.717, 1.165) is 16.7 Å². The molecule has 2 aromatic rings. The van der Waals surface area contributed by atoms with E-state index >= 15 is 0 Å². The van der Waals surface area contributed by atoms with Crippen molar-refractivity contribution in [2.45, 2.75) is 52.0 Å². The molecule has 2 rings (SSSR count).